The Bertz CT molecular complexity index is 1730. The minimum absolute atomic E-state index is 0.00434. The number of nitrogen functional groups attached to an aromatic ring is 1. The van der Waals surface area contributed by atoms with Gasteiger partial charge in [0.05, 0.1) is 24.0 Å². The maximum atomic E-state index is 12.6. The van der Waals surface area contributed by atoms with Crippen molar-refractivity contribution in [3.05, 3.63) is 53.3 Å². The second kappa shape index (κ2) is 12.5. The molecule has 2 amide bonds. The number of Topliss-reactive ketones (excluding diaryl/α,β-unsaturated/α-hetero) is 1. The van der Waals surface area contributed by atoms with Crippen molar-refractivity contribution in [3.63, 3.8) is 0 Å². The monoisotopic (exact) mass is 587 g/mol. The van der Waals surface area contributed by atoms with Crippen LogP contribution in [-0.4, -0.2) is 53.4 Å². The highest BCUT2D eigenvalue weighted by Crippen LogP contribution is 2.34. The maximum Gasteiger partial charge on any atom is 0.333 e. The molecule has 0 saturated carbocycles. The maximum absolute atomic E-state index is 12.6. The Balaban J connectivity index is 1.37. The summed E-state index contributed by atoms with van der Waals surface area (Å²) >= 11 is 0. The van der Waals surface area contributed by atoms with Crippen LogP contribution < -0.4 is 5.73 Å². The molecule has 4 aromatic rings. The first kappa shape index (κ1) is 29.5. The molecule has 0 aliphatic carbocycles. The second-order valence-electron chi connectivity index (χ2n) is 10.6. The van der Waals surface area contributed by atoms with Crippen molar-refractivity contribution >= 4 is 51.3 Å². The fourth-order valence-electron chi connectivity index (χ4n) is 5.19. The molecule has 0 spiro atoms. The summed E-state index contributed by atoms with van der Waals surface area (Å²) in [5, 5.41) is 21.9. The molecule has 5 rings (SSSR count). The number of pyridine rings is 1. The third-order valence-electron chi connectivity index (χ3n) is 7.53. The van der Waals surface area contributed by atoms with E-state index in [1.54, 1.807) is 12.1 Å². The zero-order valence-corrected chi connectivity index (χ0v) is 23.8. The number of rotatable bonds is 12. The minimum Gasteiger partial charge on any atom is -0.504 e. The van der Waals surface area contributed by atoms with Gasteiger partial charge in [-0.2, -0.15) is 0 Å². The van der Waals surface area contributed by atoms with E-state index in [0.717, 1.165) is 35.1 Å². The van der Waals surface area contributed by atoms with Crippen LogP contribution in [0, 0.1) is 0 Å². The van der Waals surface area contributed by atoms with Crippen LogP contribution in [0.3, 0.4) is 0 Å². The molecule has 3 heterocycles. The standard InChI is InChI=1S/C31H33N5O7/c1-2-3-7-24-34-28-29(35(24)17-19-5-4-6-23(38)30(19)42)21-16-18(9-12-22(21)33-31(28)32)8-10-20(37)11-15-27(41)43-36-25(39)13-14-26(36)40/h4-6,9,12,16,38,42H,2-3,7-8,10-11,13-15,17H2,1H3,(H2,32,33). The molecule has 12 heteroatoms. The van der Waals surface area contributed by atoms with Crippen LogP contribution in [0.5, 0.6) is 11.5 Å². The summed E-state index contributed by atoms with van der Waals surface area (Å²) in [6, 6.07) is 10.5. The molecule has 43 heavy (non-hydrogen) atoms. The van der Waals surface area contributed by atoms with E-state index in [9.17, 15) is 29.4 Å². The summed E-state index contributed by atoms with van der Waals surface area (Å²) in [6.45, 7) is 2.34. The lowest BCUT2D eigenvalue weighted by molar-refractivity contribution is -0.197. The number of nitrogens with two attached hydrogens (primary N) is 1. The smallest absolute Gasteiger partial charge is 0.333 e. The van der Waals surface area contributed by atoms with E-state index >= 15 is 0 Å². The zero-order chi connectivity index (χ0) is 30.7. The number of hydrogen-bond donors (Lipinski definition) is 3. The summed E-state index contributed by atoms with van der Waals surface area (Å²) in [5.74, 6) is -1.44. The van der Waals surface area contributed by atoms with Crippen LogP contribution in [0.2, 0.25) is 0 Å². The Morgan fingerprint density at radius 2 is 1.77 bits per heavy atom. The molecule has 224 valence electrons. The van der Waals surface area contributed by atoms with Crippen LogP contribution in [0.25, 0.3) is 21.9 Å². The number of carbonyl (C=O) groups is 4. The van der Waals surface area contributed by atoms with Gasteiger partial charge in [0.1, 0.15) is 17.1 Å². The molecule has 2 aromatic carbocycles. The van der Waals surface area contributed by atoms with Crippen LogP contribution in [0.1, 0.15) is 68.8 Å². The molecule has 4 N–H and O–H groups in total. The summed E-state index contributed by atoms with van der Waals surface area (Å²) < 4.78 is 2.00. The number of phenolic OH excluding ortho intramolecular Hbond substituents is 2. The van der Waals surface area contributed by atoms with Gasteiger partial charge in [0.15, 0.2) is 17.3 Å². The number of aromatic nitrogens is 3. The number of benzene rings is 2. The number of ketones is 1. The lowest BCUT2D eigenvalue weighted by Gasteiger charge is -2.13. The molecule has 0 radical (unpaired) electrons. The number of unbranched alkanes of at least 4 members (excludes halogenated alkanes) is 1. The predicted molar refractivity (Wildman–Crippen MR) is 157 cm³/mol. The topological polar surface area (TPSA) is 178 Å². The van der Waals surface area contributed by atoms with E-state index in [1.807, 2.05) is 22.8 Å². The Kier molecular flexibility index (Phi) is 8.56. The summed E-state index contributed by atoms with van der Waals surface area (Å²) in [6.07, 6.45) is 2.81. The van der Waals surface area contributed by atoms with Crippen molar-refractivity contribution in [2.24, 2.45) is 0 Å². The lowest BCUT2D eigenvalue weighted by atomic mass is 10.0. The van der Waals surface area contributed by atoms with Crippen molar-refractivity contribution in [3.8, 4) is 11.5 Å². The zero-order valence-electron chi connectivity index (χ0n) is 23.8. The molecule has 1 fully saturated rings. The normalized spacial score (nSPS) is 13.4. The Morgan fingerprint density at radius 3 is 2.51 bits per heavy atom. The van der Waals surface area contributed by atoms with Gasteiger partial charge in [-0.3, -0.25) is 14.4 Å². The Hall–Kier alpha value is -5.00. The number of aromatic hydroxyl groups is 2. The van der Waals surface area contributed by atoms with Crippen molar-refractivity contribution in [1.29, 1.82) is 0 Å². The van der Waals surface area contributed by atoms with Gasteiger partial charge in [-0.15, -0.1) is 5.06 Å². The summed E-state index contributed by atoms with van der Waals surface area (Å²) in [7, 11) is 0. The number of imidazole rings is 1. The number of fused-ring (bicyclic) bond motifs is 3. The highest BCUT2D eigenvalue weighted by atomic mass is 16.7. The van der Waals surface area contributed by atoms with Gasteiger partial charge in [0.2, 0.25) is 0 Å². The van der Waals surface area contributed by atoms with Gasteiger partial charge in [0, 0.05) is 43.1 Å². The molecule has 1 saturated heterocycles. The van der Waals surface area contributed by atoms with Gasteiger partial charge in [-0.05, 0) is 36.6 Å². The van der Waals surface area contributed by atoms with E-state index in [2.05, 4.69) is 11.9 Å². The van der Waals surface area contributed by atoms with E-state index < -0.39 is 17.8 Å². The first-order valence-electron chi connectivity index (χ1n) is 14.3. The third-order valence-corrected chi connectivity index (χ3v) is 7.53. The number of carbonyl (C=O) groups excluding carboxylic acids is 4. The lowest BCUT2D eigenvalue weighted by Crippen LogP contribution is -2.32. The SMILES string of the molecule is CCCCc1nc2c(N)nc3ccc(CCC(=O)CCC(=O)ON4C(=O)CCC4=O)cc3c2n1Cc1cccc(O)c1O. The van der Waals surface area contributed by atoms with Crippen LogP contribution >= 0.6 is 0 Å². The molecule has 1 aliphatic rings. The number of phenols is 2. The highest BCUT2D eigenvalue weighted by Gasteiger charge is 2.32. The minimum atomic E-state index is -0.807. The number of hydrogen-bond acceptors (Lipinski definition) is 10. The fraction of sp³-hybridized carbons (Fsp3) is 0.355. The highest BCUT2D eigenvalue weighted by molar-refractivity contribution is 6.07. The largest absolute Gasteiger partial charge is 0.504 e. The number of hydroxylamine groups is 2. The number of nitrogens with zero attached hydrogens (tertiary/aromatic N) is 4. The van der Waals surface area contributed by atoms with Crippen LogP contribution in [0.15, 0.2) is 36.4 Å². The third kappa shape index (κ3) is 6.27. The summed E-state index contributed by atoms with van der Waals surface area (Å²) in [5.41, 5.74) is 9.68. The van der Waals surface area contributed by atoms with E-state index in [0.29, 0.717) is 34.5 Å². The van der Waals surface area contributed by atoms with E-state index in [-0.39, 0.29) is 61.7 Å². The molecule has 1 aliphatic heterocycles. The van der Waals surface area contributed by atoms with Gasteiger partial charge in [0.25, 0.3) is 11.8 Å². The average Bonchev–Trinajstić information content (AvgIpc) is 3.51. The van der Waals surface area contributed by atoms with Crippen molar-refractivity contribution < 1.29 is 34.2 Å². The van der Waals surface area contributed by atoms with Gasteiger partial charge in [-0.1, -0.05) is 31.5 Å². The van der Waals surface area contributed by atoms with Crippen molar-refractivity contribution in [1.82, 2.24) is 19.6 Å². The summed E-state index contributed by atoms with van der Waals surface area (Å²) in [4.78, 5) is 62.1. The quantitative estimate of drug-likeness (QED) is 0.163. The Labute approximate surface area is 247 Å². The first-order chi connectivity index (χ1) is 20.7. The molecule has 0 atom stereocenters. The molecule has 0 bridgehead atoms. The Morgan fingerprint density at radius 1 is 1.00 bits per heavy atom. The molecule has 12 nitrogen and oxygen atoms in total. The number of imide groups is 1. The molecule has 0 unspecified atom stereocenters. The number of amides is 2. The van der Waals surface area contributed by atoms with Crippen molar-refractivity contribution in [2.45, 2.75) is 71.3 Å². The predicted octanol–water partition coefficient (Wildman–Crippen LogP) is 3.86. The number of anilines is 1. The first-order valence-corrected chi connectivity index (χ1v) is 14.3. The van der Waals surface area contributed by atoms with E-state index in [4.69, 9.17) is 15.6 Å². The van der Waals surface area contributed by atoms with Gasteiger partial charge >= 0.3 is 5.97 Å². The van der Waals surface area contributed by atoms with Crippen LogP contribution in [-0.2, 0) is 43.4 Å². The van der Waals surface area contributed by atoms with Gasteiger partial charge < -0.3 is 25.4 Å². The van der Waals surface area contributed by atoms with Crippen LogP contribution in [0.4, 0.5) is 5.82 Å². The fourth-order valence-corrected chi connectivity index (χ4v) is 5.19. The van der Waals surface area contributed by atoms with Gasteiger partial charge in [-0.25, -0.2) is 14.8 Å². The second-order valence-corrected chi connectivity index (χ2v) is 10.6. The van der Waals surface area contributed by atoms with Crippen molar-refractivity contribution in [2.75, 3.05) is 5.73 Å². The number of para-hydroxylation sites is 1. The average molecular weight is 588 g/mol. The molecule has 2 aromatic heterocycles. The van der Waals surface area contributed by atoms with E-state index in [1.165, 1.54) is 6.07 Å². The molecular formula is C31H33N5O7. The molecular weight excluding hydrogens is 554 g/mol. The number of aryl methyl sites for hydroxylation is 2.